The number of benzene rings is 1. The Kier molecular flexibility index (Phi) is 8.51. The molecule has 3 aromatic heterocycles. The standard InChI is InChI=1S/C35H38F3N7O2S/c1-33(2)20-23-19-25(24-7-4-3-5-8-24)21-39-27-9-6-10-30(40-27)48-43-32(46)26-11-12-28(41-31(26)44(33)22-23)45-17-13-29(42-45)47-18-16-34(14-15-34)35(36,37)38/h3-13,17,23,25H,14-16,18-22H2,1-2H3,(H,39,40)(H,43,46). The number of nitrogens with zero attached hydrogens (tertiary/aromatic N) is 5. The molecule has 1 aromatic carbocycles. The second-order valence-electron chi connectivity index (χ2n) is 13.6. The zero-order valence-corrected chi connectivity index (χ0v) is 27.7. The normalized spacial score (nSPS) is 21.7. The van der Waals surface area contributed by atoms with Crippen molar-refractivity contribution < 1.29 is 22.7 Å². The molecule has 0 radical (unpaired) electrons. The first-order chi connectivity index (χ1) is 23.0. The lowest BCUT2D eigenvalue weighted by Crippen LogP contribution is -2.40. The first-order valence-corrected chi connectivity index (χ1v) is 17.1. The summed E-state index contributed by atoms with van der Waals surface area (Å²) >= 11 is 1.15. The SMILES string of the molecule is CC1(C)CC2CC(c3ccccc3)CNc3cccc(n3)SNC(=O)c3ccc(-n4ccc(OCCC5(C(F)(F)F)CC5)n4)nc3N1C2. The van der Waals surface area contributed by atoms with Gasteiger partial charge in [0.25, 0.3) is 5.91 Å². The molecular formula is C35H38F3N7O2S. The van der Waals surface area contributed by atoms with Gasteiger partial charge in [0.15, 0.2) is 5.82 Å². The molecule has 2 N–H and O–H groups in total. The topological polar surface area (TPSA) is 97.2 Å². The van der Waals surface area contributed by atoms with E-state index in [0.29, 0.717) is 41.2 Å². The van der Waals surface area contributed by atoms with Gasteiger partial charge in [0.2, 0.25) is 5.88 Å². The van der Waals surface area contributed by atoms with Gasteiger partial charge < -0.3 is 15.0 Å². The molecule has 2 fully saturated rings. The van der Waals surface area contributed by atoms with Gasteiger partial charge in [-0.3, -0.25) is 9.52 Å². The molecule has 1 saturated heterocycles. The van der Waals surface area contributed by atoms with Gasteiger partial charge in [-0.2, -0.15) is 13.2 Å². The Hall–Kier alpha value is -4.26. The van der Waals surface area contributed by atoms with Gasteiger partial charge in [0.1, 0.15) is 16.7 Å². The Bertz CT molecular complexity index is 1780. The maximum absolute atomic E-state index is 13.7. The Morgan fingerprint density at radius 2 is 1.83 bits per heavy atom. The number of hydrogen-bond acceptors (Lipinski definition) is 8. The van der Waals surface area contributed by atoms with E-state index in [1.54, 1.807) is 24.4 Å². The molecule has 9 nitrogen and oxygen atoms in total. The van der Waals surface area contributed by atoms with E-state index in [-0.39, 0.29) is 49.1 Å². The number of carbonyl (C=O) groups excluding carboxylic acids is 1. The zero-order chi connectivity index (χ0) is 33.5. The molecule has 0 spiro atoms. The molecule has 3 aliphatic rings. The predicted octanol–water partition coefficient (Wildman–Crippen LogP) is 7.42. The second kappa shape index (κ2) is 12.6. The summed E-state index contributed by atoms with van der Waals surface area (Å²) in [5.74, 6) is 2.25. The molecule has 5 heterocycles. The van der Waals surface area contributed by atoms with Crippen molar-refractivity contribution in [1.82, 2.24) is 24.5 Å². The minimum absolute atomic E-state index is 0.0768. The molecule has 2 aliphatic heterocycles. The van der Waals surface area contributed by atoms with E-state index in [4.69, 9.17) is 14.7 Å². The van der Waals surface area contributed by atoms with E-state index in [1.165, 1.54) is 10.2 Å². The third kappa shape index (κ3) is 6.69. The van der Waals surface area contributed by atoms with Crippen molar-refractivity contribution in [2.45, 2.75) is 68.6 Å². The number of fused-ring (bicyclic) bond motifs is 6. The first kappa shape index (κ1) is 32.3. The summed E-state index contributed by atoms with van der Waals surface area (Å²) in [7, 11) is 0. The number of anilines is 2. The Morgan fingerprint density at radius 1 is 1.02 bits per heavy atom. The average Bonchev–Trinajstić information content (AvgIpc) is 3.62. The quantitative estimate of drug-likeness (QED) is 0.204. The predicted molar refractivity (Wildman–Crippen MR) is 179 cm³/mol. The fourth-order valence-corrected chi connectivity index (χ4v) is 7.57. The zero-order valence-electron chi connectivity index (χ0n) is 26.8. The Balaban J connectivity index is 1.18. The summed E-state index contributed by atoms with van der Waals surface area (Å²) < 4.78 is 50.2. The number of hydrogen-bond donors (Lipinski definition) is 2. The van der Waals surface area contributed by atoms with Crippen molar-refractivity contribution >= 4 is 29.5 Å². The third-order valence-electron chi connectivity index (χ3n) is 9.80. The third-order valence-corrected chi connectivity index (χ3v) is 10.5. The van der Waals surface area contributed by atoms with Gasteiger partial charge in [-0.25, -0.2) is 14.6 Å². The van der Waals surface area contributed by atoms with Gasteiger partial charge in [0, 0.05) is 48.8 Å². The molecule has 2 atom stereocenters. The van der Waals surface area contributed by atoms with Crippen LogP contribution in [-0.2, 0) is 0 Å². The van der Waals surface area contributed by atoms with Crippen LogP contribution in [0.5, 0.6) is 5.88 Å². The lowest BCUT2D eigenvalue weighted by molar-refractivity contribution is -0.190. The largest absolute Gasteiger partial charge is 0.477 e. The number of pyridine rings is 2. The van der Waals surface area contributed by atoms with Crippen molar-refractivity contribution in [1.29, 1.82) is 0 Å². The summed E-state index contributed by atoms with van der Waals surface area (Å²) in [5, 5.41) is 8.64. The van der Waals surface area contributed by atoms with Crippen LogP contribution in [-0.4, -0.2) is 57.1 Å². The number of carbonyl (C=O) groups is 1. The summed E-state index contributed by atoms with van der Waals surface area (Å²) in [6, 6.07) is 21.3. The minimum Gasteiger partial charge on any atom is -0.477 e. The van der Waals surface area contributed by atoms with E-state index in [9.17, 15) is 18.0 Å². The lowest BCUT2D eigenvalue weighted by atomic mass is 9.85. The molecule has 1 amide bonds. The molecular weight excluding hydrogens is 639 g/mol. The minimum atomic E-state index is -4.22. The Morgan fingerprint density at radius 3 is 2.60 bits per heavy atom. The van der Waals surface area contributed by atoms with Crippen LogP contribution in [0.15, 0.2) is 78.0 Å². The summed E-state index contributed by atoms with van der Waals surface area (Å²) in [6.45, 7) is 5.71. The van der Waals surface area contributed by atoms with Crippen LogP contribution in [0.25, 0.3) is 5.82 Å². The van der Waals surface area contributed by atoms with E-state index >= 15 is 0 Å². The van der Waals surface area contributed by atoms with Crippen LogP contribution < -0.4 is 19.7 Å². The fraction of sp³-hybridized carbons (Fsp3) is 0.429. The highest BCUT2D eigenvalue weighted by Crippen LogP contribution is 2.59. The number of halogens is 3. The van der Waals surface area contributed by atoms with Gasteiger partial charge in [-0.05, 0) is 81.7 Å². The smallest absolute Gasteiger partial charge is 0.394 e. The molecule has 4 aromatic rings. The molecule has 4 bridgehead atoms. The van der Waals surface area contributed by atoms with Crippen molar-refractivity contribution in [3.63, 3.8) is 0 Å². The van der Waals surface area contributed by atoms with E-state index in [0.717, 1.165) is 30.6 Å². The van der Waals surface area contributed by atoms with Crippen LogP contribution in [0.4, 0.5) is 24.8 Å². The number of ether oxygens (including phenoxy) is 1. The molecule has 2 unspecified atom stereocenters. The number of rotatable bonds is 6. The Labute approximate surface area is 281 Å². The summed E-state index contributed by atoms with van der Waals surface area (Å²) in [5.41, 5.74) is -0.244. The van der Waals surface area contributed by atoms with Gasteiger partial charge in [0.05, 0.1) is 17.6 Å². The van der Waals surface area contributed by atoms with E-state index < -0.39 is 11.6 Å². The molecule has 48 heavy (non-hydrogen) atoms. The summed E-state index contributed by atoms with van der Waals surface area (Å²) in [4.78, 5) is 25.7. The molecule has 1 aliphatic carbocycles. The van der Waals surface area contributed by atoms with Crippen molar-refractivity contribution in [3.05, 3.63) is 84.1 Å². The fourth-order valence-electron chi connectivity index (χ4n) is 6.97. The van der Waals surface area contributed by atoms with Crippen molar-refractivity contribution in [2.24, 2.45) is 11.3 Å². The van der Waals surface area contributed by atoms with Crippen LogP contribution in [0.1, 0.15) is 67.8 Å². The first-order valence-electron chi connectivity index (χ1n) is 16.3. The molecule has 13 heteroatoms. The molecule has 1 saturated carbocycles. The maximum atomic E-state index is 13.7. The highest BCUT2D eigenvalue weighted by molar-refractivity contribution is 7.97. The lowest BCUT2D eigenvalue weighted by Gasteiger charge is -2.34. The summed E-state index contributed by atoms with van der Waals surface area (Å²) in [6.07, 6.45) is -0.537. The van der Waals surface area contributed by atoms with E-state index in [1.807, 2.05) is 24.3 Å². The number of amides is 1. The maximum Gasteiger partial charge on any atom is 0.394 e. The van der Waals surface area contributed by atoms with E-state index in [2.05, 4.69) is 58.2 Å². The number of alkyl halides is 3. The van der Waals surface area contributed by atoms with Gasteiger partial charge in [-0.1, -0.05) is 36.4 Å². The molecule has 7 rings (SSSR count). The van der Waals surface area contributed by atoms with Gasteiger partial charge in [-0.15, -0.1) is 5.10 Å². The van der Waals surface area contributed by atoms with Crippen LogP contribution in [0.2, 0.25) is 0 Å². The highest BCUT2D eigenvalue weighted by Gasteiger charge is 2.62. The number of nitrogens with one attached hydrogen (secondary N) is 2. The van der Waals surface area contributed by atoms with Crippen molar-refractivity contribution in [2.75, 3.05) is 29.9 Å². The van der Waals surface area contributed by atoms with Crippen LogP contribution in [0.3, 0.4) is 0 Å². The van der Waals surface area contributed by atoms with Crippen molar-refractivity contribution in [3.8, 4) is 11.7 Å². The molecule has 252 valence electrons. The second-order valence-corrected chi connectivity index (χ2v) is 14.5. The average molecular weight is 678 g/mol. The van der Waals surface area contributed by atoms with Crippen LogP contribution in [0, 0.1) is 11.3 Å². The highest BCUT2D eigenvalue weighted by atomic mass is 32.2. The van der Waals surface area contributed by atoms with Crippen LogP contribution >= 0.6 is 11.9 Å². The van der Waals surface area contributed by atoms with Gasteiger partial charge >= 0.3 is 6.18 Å². The monoisotopic (exact) mass is 677 g/mol. The number of aromatic nitrogens is 4.